The number of halogens is 2. The molecule has 1 atom stereocenters. The molecular weight excluding hydrogens is 433 g/mol. The van der Waals surface area contributed by atoms with Crippen LogP contribution < -0.4 is 5.32 Å². The van der Waals surface area contributed by atoms with Crippen LogP contribution in [0.2, 0.25) is 21.6 Å². The molecule has 0 saturated carbocycles. The smallest absolute Gasteiger partial charge is 0.200 e. The Morgan fingerprint density at radius 3 is 2.32 bits per heavy atom. The van der Waals surface area contributed by atoms with Crippen molar-refractivity contribution in [3.8, 4) is 0 Å². The second-order valence-corrected chi connectivity index (χ2v) is 15.1. The third-order valence-corrected chi connectivity index (χ3v) is 12.7. The standard InChI is InChI=1S/C19H29ClFN3OS2Si/c1-11(2)28(12(3)4,13(5)6)25-10-17-18(23-24-27-17)19(26)22-14-7-8-16(21)15(20)9-14/h7-9,11-13,19,22,26H,10H2,1-6H3. The molecule has 0 bridgehead atoms. The van der Waals surface area contributed by atoms with Crippen LogP contribution in [0.3, 0.4) is 0 Å². The highest BCUT2D eigenvalue weighted by molar-refractivity contribution is 7.80. The summed E-state index contributed by atoms with van der Waals surface area (Å²) < 4.78 is 24.1. The molecule has 9 heteroatoms. The Hall–Kier alpha value is -0.673. The Balaban J connectivity index is 2.17. The lowest BCUT2D eigenvalue weighted by Gasteiger charge is -2.42. The van der Waals surface area contributed by atoms with Crippen LogP contribution in [0.1, 0.15) is 57.5 Å². The van der Waals surface area contributed by atoms with Crippen LogP contribution in [0.5, 0.6) is 0 Å². The quantitative estimate of drug-likeness (QED) is 0.238. The molecule has 1 heterocycles. The first-order chi connectivity index (χ1) is 13.1. The van der Waals surface area contributed by atoms with Crippen LogP contribution in [0.4, 0.5) is 10.1 Å². The average Bonchev–Trinajstić information content (AvgIpc) is 3.06. The van der Waals surface area contributed by atoms with Gasteiger partial charge in [-0.3, -0.25) is 0 Å². The summed E-state index contributed by atoms with van der Waals surface area (Å²) >= 11 is 11.8. The van der Waals surface area contributed by atoms with E-state index in [0.717, 1.165) is 10.6 Å². The van der Waals surface area contributed by atoms with Crippen molar-refractivity contribution >= 4 is 49.8 Å². The van der Waals surface area contributed by atoms with E-state index in [2.05, 4.69) is 69.1 Å². The van der Waals surface area contributed by atoms with Crippen LogP contribution in [-0.2, 0) is 11.0 Å². The fraction of sp³-hybridized carbons (Fsp3) is 0.579. The van der Waals surface area contributed by atoms with E-state index in [1.54, 1.807) is 6.07 Å². The maximum atomic E-state index is 13.4. The number of hydrogen-bond acceptors (Lipinski definition) is 6. The molecule has 0 aliphatic heterocycles. The van der Waals surface area contributed by atoms with Gasteiger partial charge in [-0.25, -0.2) is 4.39 Å². The lowest BCUT2D eigenvalue weighted by Crippen LogP contribution is -2.47. The molecule has 1 aromatic heterocycles. The largest absolute Gasteiger partial charge is 0.411 e. The van der Waals surface area contributed by atoms with Gasteiger partial charge in [0, 0.05) is 5.69 Å². The molecule has 2 rings (SSSR count). The van der Waals surface area contributed by atoms with E-state index in [1.165, 1.54) is 23.7 Å². The normalized spacial score (nSPS) is 13.6. The van der Waals surface area contributed by atoms with E-state index in [1.807, 2.05) is 0 Å². The van der Waals surface area contributed by atoms with Crippen LogP contribution >= 0.6 is 35.8 Å². The first-order valence-electron chi connectivity index (χ1n) is 9.44. The van der Waals surface area contributed by atoms with Gasteiger partial charge in [-0.2, -0.15) is 0 Å². The van der Waals surface area contributed by atoms with Crippen molar-refractivity contribution in [3.05, 3.63) is 39.6 Å². The number of benzene rings is 1. The van der Waals surface area contributed by atoms with Crippen LogP contribution in [0.25, 0.3) is 0 Å². The molecule has 1 aromatic carbocycles. The Morgan fingerprint density at radius 1 is 1.18 bits per heavy atom. The second-order valence-electron chi connectivity index (χ2n) is 7.86. The van der Waals surface area contributed by atoms with Crippen molar-refractivity contribution in [2.75, 3.05) is 5.32 Å². The number of nitrogens with one attached hydrogen (secondary N) is 1. The molecule has 0 saturated heterocycles. The second kappa shape index (κ2) is 9.89. The molecule has 4 nitrogen and oxygen atoms in total. The van der Waals surface area contributed by atoms with Crippen molar-refractivity contribution in [2.24, 2.45) is 0 Å². The molecule has 1 unspecified atom stereocenters. The van der Waals surface area contributed by atoms with E-state index in [-0.39, 0.29) is 5.02 Å². The van der Waals surface area contributed by atoms with Crippen molar-refractivity contribution in [1.29, 1.82) is 0 Å². The van der Waals surface area contributed by atoms with Crippen LogP contribution in [0.15, 0.2) is 18.2 Å². The van der Waals surface area contributed by atoms with E-state index in [9.17, 15) is 4.39 Å². The van der Waals surface area contributed by atoms with Gasteiger partial charge in [-0.1, -0.05) is 57.6 Å². The number of thiol groups is 1. The molecule has 0 radical (unpaired) electrons. The fourth-order valence-electron chi connectivity index (χ4n) is 4.03. The van der Waals surface area contributed by atoms with Crippen molar-refractivity contribution < 1.29 is 8.82 Å². The Morgan fingerprint density at radius 2 is 1.79 bits per heavy atom. The lowest BCUT2D eigenvalue weighted by molar-refractivity contribution is 0.268. The molecule has 0 spiro atoms. The number of aromatic nitrogens is 2. The van der Waals surface area contributed by atoms with Gasteiger partial charge in [-0.05, 0) is 46.4 Å². The van der Waals surface area contributed by atoms with Crippen LogP contribution in [-0.4, -0.2) is 17.9 Å². The number of hydrogen-bond donors (Lipinski definition) is 2. The third kappa shape index (κ3) is 5.08. The zero-order valence-electron chi connectivity index (χ0n) is 17.2. The predicted molar refractivity (Wildman–Crippen MR) is 123 cm³/mol. The number of rotatable bonds is 9. The van der Waals surface area contributed by atoms with Crippen molar-refractivity contribution in [3.63, 3.8) is 0 Å². The van der Waals surface area contributed by atoms with Crippen molar-refractivity contribution in [2.45, 2.75) is 70.1 Å². The van der Waals surface area contributed by atoms with E-state index in [4.69, 9.17) is 16.0 Å². The Kier molecular flexibility index (Phi) is 8.34. The molecule has 28 heavy (non-hydrogen) atoms. The minimum absolute atomic E-state index is 0.0621. The Labute approximate surface area is 182 Å². The minimum atomic E-state index is -1.98. The zero-order chi connectivity index (χ0) is 21.1. The van der Waals surface area contributed by atoms with Gasteiger partial charge < -0.3 is 9.74 Å². The number of nitrogens with zero attached hydrogens (tertiary/aromatic N) is 2. The maximum absolute atomic E-state index is 13.4. The summed E-state index contributed by atoms with van der Waals surface area (Å²) in [7, 11) is -1.98. The first-order valence-corrected chi connectivity index (χ1v) is 13.2. The van der Waals surface area contributed by atoms with E-state index >= 15 is 0 Å². The zero-order valence-corrected chi connectivity index (χ0v) is 20.6. The van der Waals surface area contributed by atoms with Gasteiger partial charge in [-0.15, -0.1) is 17.7 Å². The summed E-state index contributed by atoms with van der Waals surface area (Å²) in [6.07, 6.45) is 0. The molecule has 0 amide bonds. The average molecular weight is 462 g/mol. The Bertz CT molecular complexity index is 767. The van der Waals surface area contributed by atoms with Crippen LogP contribution in [0, 0.1) is 5.82 Å². The molecule has 0 aliphatic carbocycles. The lowest BCUT2D eigenvalue weighted by atomic mass is 10.3. The first kappa shape index (κ1) is 23.6. The summed E-state index contributed by atoms with van der Waals surface area (Å²) in [5, 5.41) is 7.10. The summed E-state index contributed by atoms with van der Waals surface area (Å²) in [6.45, 7) is 14.1. The van der Waals surface area contributed by atoms with Gasteiger partial charge in [0.05, 0.1) is 16.5 Å². The molecule has 156 valence electrons. The van der Waals surface area contributed by atoms with Gasteiger partial charge >= 0.3 is 0 Å². The summed E-state index contributed by atoms with van der Waals surface area (Å²) in [5.41, 5.74) is 2.91. The molecule has 1 N–H and O–H groups in total. The van der Waals surface area contributed by atoms with Gasteiger partial charge in [0.15, 0.2) is 0 Å². The number of anilines is 1. The fourth-order valence-corrected chi connectivity index (χ4v) is 10.7. The SMILES string of the molecule is CC(C)[Si](OCc1snnc1C(S)Nc1ccc(F)c(Cl)c1)(C(C)C)C(C)C. The highest BCUT2D eigenvalue weighted by Crippen LogP contribution is 2.43. The van der Waals surface area contributed by atoms with Gasteiger partial charge in [0.1, 0.15) is 16.9 Å². The summed E-state index contributed by atoms with van der Waals surface area (Å²) in [4.78, 5) is 0.958. The predicted octanol–water partition coefficient (Wildman–Crippen LogP) is 7.06. The molecular formula is C19H29ClFN3OS2Si. The molecule has 0 fully saturated rings. The maximum Gasteiger partial charge on any atom is 0.200 e. The third-order valence-electron chi connectivity index (χ3n) is 5.23. The molecule has 2 aromatic rings. The monoisotopic (exact) mass is 461 g/mol. The highest BCUT2D eigenvalue weighted by Gasteiger charge is 2.45. The molecule has 0 aliphatic rings. The van der Waals surface area contributed by atoms with E-state index < -0.39 is 19.5 Å². The van der Waals surface area contributed by atoms with E-state index in [0.29, 0.717) is 28.9 Å². The summed E-state index contributed by atoms with van der Waals surface area (Å²) in [6, 6.07) is 4.47. The van der Waals surface area contributed by atoms with Gasteiger partial charge in [0.25, 0.3) is 0 Å². The van der Waals surface area contributed by atoms with Crippen molar-refractivity contribution in [1.82, 2.24) is 9.59 Å². The minimum Gasteiger partial charge on any atom is -0.411 e. The highest BCUT2D eigenvalue weighted by atomic mass is 35.5. The van der Waals surface area contributed by atoms with Gasteiger partial charge in [0.2, 0.25) is 8.32 Å². The summed E-state index contributed by atoms with van der Waals surface area (Å²) in [5.74, 6) is -0.454. The topological polar surface area (TPSA) is 47.0 Å².